The van der Waals surface area contributed by atoms with E-state index in [1.54, 1.807) is 17.8 Å². The molecule has 0 radical (unpaired) electrons. The highest BCUT2D eigenvalue weighted by atomic mass is 19.3. The van der Waals surface area contributed by atoms with Crippen LogP contribution in [-0.4, -0.2) is 32.6 Å². The number of pyridine rings is 1. The number of nitrogens with zero attached hydrogens (tertiary/aromatic N) is 3. The summed E-state index contributed by atoms with van der Waals surface area (Å²) in [5, 5.41) is 7.62. The molecule has 7 heteroatoms. The van der Waals surface area contributed by atoms with Gasteiger partial charge in [0, 0.05) is 41.7 Å². The third-order valence-corrected chi connectivity index (χ3v) is 4.98. The molecule has 1 aromatic carbocycles. The van der Waals surface area contributed by atoms with E-state index in [2.05, 4.69) is 27.5 Å². The van der Waals surface area contributed by atoms with Crippen LogP contribution in [0.25, 0.3) is 22.0 Å². The summed E-state index contributed by atoms with van der Waals surface area (Å²) in [7, 11) is 0. The molecule has 3 aromatic rings. The van der Waals surface area contributed by atoms with Crippen molar-refractivity contribution in [2.75, 3.05) is 0 Å². The molecule has 4 rings (SSSR count). The predicted molar refractivity (Wildman–Crippen MR) is 103 cm³/mol. The first kappa shape index (κ1) is 18.5. The van der Waals surface area contributed by atoms with E-state index in [9.17, 15) is 13.6 Å². The van der Waals surface area contributed by atoms with Crippen LogP contribution in [0.1, 0.15) is 38.3 Å². The molecule has 1 aliphatic carbocycles. The molecule has 0 aliphatic heterocycles. The number of hydrogen-bond donors (Lipinski definition) is 1. The van der Waals surface area contributed by atoms with Gasteiger partial charge in [0.1, 0.15) is 0 Å². The van der Waals surface area contributed by atoms with Crippen molar-refractivity contribution in [1.29, 1.82) is 0 Å². The van der Waals surface area contributed by atoms with E-state index in [1.165, 1.54) is 12.8 Å². The average molecular weight is 384 g/mol. The second-order valence-electron chi connectivity index (χ2n) is 7.61. The highest BCUT2D eigenvalue weighted by molar-refractivity contribution is 5.85. The van der Waals surface area contributed by atoms with Gasteiger partial charge in [0.15, 0.2) is 0 Å². The highest BCUT2D eigenvalue weighted by Gasteiger charge is 2.33. The molecule has 1 atom stereocenters. The number of nitrogens with one attached hydrogen (secondary N) is 1. The fourth-order valence-electron chi connectivity index (χ4n) is 3.26. The van der Waals surface area contributed by atoms with Crippen LogP contribution in [0.2, 0.25) is 0 Å². The van der Waals surface area contributed by atoms with Gasteiger partial charge in [-0.2, -0.15) is 13.9 Å². The minimum atomic E-state index is -3.39. The topological polar surface area (TPSA) is 59.8 Å². The van der Waals surface area contributed by atoms with Crippen LogP contribution in [0.3, 0.4) is 0 Å². The molecule has 2 aromatic heterocycles. The van der Waals surface area contributed by atoms with Crippen molar-refractivity contribution in [3.8, 4) is 11.1 Å². The lowest BCUT2D eigenvalue weighted by Crippen LogP contribution is -2.44. The maximum absolute atomic E-state index is 13.0. The Hall–Kier alpha value is -2.83. The van der Waals surface area contributed by atoms with Crippen molar-refractivity contribution in [2.45, 2.75) is 51.1 Å². The summed E-state index contributed by atoms with van der Waals surface area (Å²) in [6, 6.07) is 9.70. The monoisotopic (exact) mass is 384 g/mol. The molecule has 0 bridgehead atoms. The van der Waals surface area contributed by atoms with Crippen LogP contribution in [0.15, 0.2) is 42.7 Å². The van der Waals surface area contributed by atoms with Crippen molar-refractivity contribution in [2.24, 2.45) is 0 Å². The van der Waals surface area contributed by atoms with E-state index >= 15 is 0 Å². The Kier molecular flexibility index (Phi) is 4.61. The summed E-state index contributed by atoms with van der Waals surface area (Å²) in [5.74, 6) is -4.04. The van der Waals surface area contributed by atoms with Gasteiger partial charge in [-0.1, -0.05) is 12.1 Å². The van der Waals surface area contributed by atoms with E-state index in [1.807, 2.05) is 24.4 Å². The van der Waals surface area contributed by atoms with Crippen LogP contribution in [0.5, 0.6) is 0 Å². The number of alkyl halides is 2. The Morgan fingerprint density at radius 1 is 1.25 bits per heavy atom. The van der Waals surface area contributed by atoms with E-state index in [0.717, 1.165) is 27.7 Å². The van der Waals surface area contributed by atoms with Crippen LogP contribution >= 0.6 is 0 Å². The van der Waals surface area contributed by atoms with Gasteiger partial charge in [-0.05, 0) is 43.5 Å². The van der Waals surface area contributed by atoms with Crippen molar-refractivity contribution < 1.29 is 13.6 Å². The Labute approximate surface area is 161 Å². The molecule has 146 valence electrons. The fraction of sp³-hybridized carbons (Fsp3) is 0.381. The normalized spacial score (nSPS) is 15.6. The van der Waals surface area contributed by atoms with Crippen molar-refractivity contribution >= 4 is 16.8 Å². The first-order valence-corrected chi connectivity index (χ1v) is 9.42. The SMILES string of the molecule is CC(Cn1ncc2cc(-c3ccc(C4CC4)nc3)ccc21)NC(=O)C(C)(F)F. The minimum Gasteiger partial charge on any atom is -0.347 e. The van der Waals surface area contributed by atoms with Gasteiger partial charge in [-0.3, -0.25) is 14.5 Å². The molecule has 28 heavy (non-hydrogen) atoms. The standard InChI is InChI=1S/C21H22F2N4O/c1-13(26-20(28)21(2,22)23)12-27-19-8-6-15(9-17(19)11-25-27)16-5-7-18(24-10-16)14-3-4-14/h5-11,13-14H,3-4,12H2,1-2H3,(H,26,28). The second-order valence-corrected chi connectivity index (χ2v) is 7.61. The summed E-state index contributed by atoms with van der Waals surface area (Å²) < 4.78 is 27.8. The maximum atomic E-state index is 13.0. The first-order chi connectivity index (χ1) is 13.3. The van der Waals surface area contributed by atoms with E-state index in [4.69, 9.17) is 0 Å². The van der Waals surface area contributed by atoms with Gasteiger partial charge in [-0.25, -0.2) is 0 Å². The average Bonchev–Trinajstić information content (AvgIpc) is 3.43. The van der Waals surface area contributed by atoms with Crippen LogP contribution in [-0.2, 0) is 11.3 Å². The second kappa shape index (κ2) is 6.96. The zero-order chi connectivity index (χ0) is 19.9. The summed E-state index contributed by atoms with van der Waals surface area (Å²) in [5.41, 5.74) is 4.14. The number of fused-ring (bicyclic) bond motifs is 1. The Morgan fingerprint density at radius 3 is 2.64 bits per heavy atom. The molecular formula is C21H22F2N4O. The number of benzene rings is 1. The molecule has 0 saturated heterocycles. The Bertz CT molecular complexity index is 1000. The zero-order valence-corrected chi connectivity index (χ0v) is 15.8. The smallest absolute Gasteiger partial charge is 0.321 e. The lowest BCUT2D eigenvalue weighted by molar-refractivity contribution is -0.143. The van der Waals surface area contributed by atoms with Gasteiger partial charge in [0.05, 0.1) is 18.3 Å². The molecule has 1 N–H and O–H groups in total. The summed E-state index contributed by atoms with van der Waals surface area (Å²) in [4.78, 5) is 16.0. The molecule has 5 nitrogen and oxygen atoms in total. The summed E-state index contributed by atoms with van der Waals surface area (Å²) in [6.07, 6.45) is 6.11. The predicted octanol–water partition coefficient (Wildman–Crippen LogP) is 4.14. The molecule has 2 heterocycles. The number of rotatable bonds is 6. The number of amides is 1. The molecule has 1 unspecified atom stereocenters. The summed E-state index contributed by atoms with van der Waals surface area (Å²) >= 11 is 0. The molecule has 1 amide bonds. The molecule has 1 aliphatic rings. The highest BCUT2D eigenvalue weighted by Crippen LogP contribution is 2.39. The lowest BCUT2D eigenvalue weighted by atomic mass is 10.1. The minimum absolute atomic E-state index is 0.308. The number of halogens is 2. The molecular weight excluding hydrogens is 362 g/mol. The van der Waals surface area contributed by atoms with Gasteiger partial charge in [0.25, 0.3) is 5.91 Å². The van der Waals surface area contributed by atoms with Crippen molar-refractivity contribution in [3.63, 3.8) is 0 Å². The Balaban J connectivity index is 1.50. The number of carbonyl (C=O) groups is 1. The Morgan fingerprint density at radius 2 is 2.00 bits per heavy atom. The number of aromatic nitrogens is 3. The van der Waals surface area contributed by atoms with Gasteiger partial charge in [0.2, 0.25) is 0 Å². The number of carbonyl (C=O) groups excluding carboxylic acids is 1. The number of hydrogen-bond acceptors (Lipinski definition) is 3. The third kappa shape index (κ3) is 3.88. The van der Waals surface area contributed by atoms with E-state index < -0.39 is 17.9 Å². The van der Waals surface area contributed by atoms with Gasteiger partial charge >= 0.3 is 5.92 Å². The van der Waals surface area contributed by atoms with Crippen molar-refractivity contribution in [3.05, 3.63) is 48.4 Å². The van der Waals surface area contributed by atoms with E-state index in [-0.39, 0.29) is 0 Å². The largest absolute Gasteiger partial charge is 0.347 e. The fourth-order valence-corrected chi connectivity index (χ4v) is 3.26. The maximum Gasteiger partial charge on any atom is 0.321 e. The molecule has 1 saturated carbocycles. The third-order valence-electron chi connectivity index (χ3n) is 4.98. The lowest BCUT2D eigenvalue weighted by Gasteiger charge is -2.17. The first-order valence-electron chi connectivity index (χ1n) is 9.42. The molecule has 0 spiro atoms. The van der Waals surface area contributed by atoms with Crippen LogP contribution < -0.4 is 5.32 Å². The van der Waals surface area contributed by atoms with Crippen LogP contribution in [0, 0.1) is 0 Å². The quantitative estimate of drug-likeness (QED) is 0.695. The summed E-state index contributed by atoms with van der Waals surface area (Å²) in [6.45, 7) is 2.58. The molecule has 1 fully saturated rings. The zero-order valence-electron chi connectivity index (χ0n) is 15.8. The van der Waals surface area contributed by atoms with E-state index in [0.29, 0.717) is 19.4 Å². The van der Waals surface area contributed by atoms with Crippen LogP contribution in [0.4, 0.5) is 8.78 Å². The van der Waals surface area contributed by atoms with Crippen molar-refractivity contribution in [1.82, 2.24) is 20.1 Å². The van der Waals surface area contributed by atoms with Gasteiger partial charge in [-0.15, -0.1) is 0 Å². The van der Waals surface area contributed by atoms with Gasteiger partial charge < -0.3 is 5.32 Å².